The maximum absolute atomic E-state index is 11.8. The SMILES string of the molecule is CCOC(=O)NCCN(Cc1ccc(OC)c(OC)c1)C(C)=O. The van der Waals surface area contributed by atoms with Gasteiger partial charge in [-0.25, -0.2) is 4.79 Å². The van der Waals surface area contributed by atoms with E-state index in [0.717, 1.165) is 5.56 Å². The lowest BCUT2D eigenvalue weighted by atomic mass is 10.2. The number of ether oxygens (including phenoxy) is 3. The van der Waals surface area contributed by atoms with Crippen LogP contribution in [-0.4, -0.2) is 50.8 Å². The summed E-state index contributed by atoms with van der Waals surface area (Å²) in [4.78, 5) is 24.6. The fourth-order valence-corrected chi connectivity index (χ4v) is 2.02. The third-order valence-corrected chi connectivity index (χ3v) is 3.19. The molecular weight excluding hydrogens is 300 g/mol. The Bertz CT molecular complexity index is 533. The molecule has 1 rings (SSSR count). The molecule has 0 bridgehead atoms. The Morgan fingerprint density at radius 1 is 1.17 bits per heavy atom. The van der Waals surface area contributed by atoms with E-state index in [1.807, 2.05) is 12.1 Å². The molecule has 7 nitrogen and oxygen atoms in total. The molecule has 0 aliphatic heterocycles. The van der Waals surface area contributed by atoms with Gasteiger partial charge in [-0.3, -0.25) is 4.79 Å². The molecule has 0 heterocycles. The van der Waals surface area contributed by atoms with E-state index >= 15 is 0 Å². The van der Waals surface area contributed by atoms with Gasteiger partial charge < -0.3 is 24.4 Å². The second-order valence-electron chi connectivity index (χ2n) is 4.78. The summed E-state index contributed by atoms with van der Waals surface area (Å²) < 4.78 is 15.2. The van der Waals surface area contributed by atoms with Crippen LogP contribution in [0.4, 0.5) is 4.79 Å². The first-order chi connectivity index (χ1) is 11.0. The van der Waals surface area contributed by atoms with E-state index in [4.69, 9.17) is 14.2 Å². The summed E-state index contributed by atoms with van der Waals surface area (Å²) in [6.07, 6.45) is -0.484. The second-order valence-corrected chi connectivity index (χ2v) is 4.78. The Morgan fingerprint density at radius 2 is 1.87 bits per heavy atom. The number of hydrogen-bond donors (Lipinski definition) is 1. The van der Waals surface area contributed by atoms with Gasteiger partial charge in [-0.05, 0) is 24.6 Å². The minimum Gasteiger partial charge on any atom is -0.493 e. The summed E-state index contributed by atoms with van der Waals surface area (Å²) in [7, 11) is 3.13. The van der Waals surface area contributed by atoms with Crippen molar-refractivity contribution in [3.8, 4) is 11.5 Å². The maximum Gasteiger partial charge on any atom is 0.407 e. The Morgan fingerprint density at radius 3 is 2.43 bits per heavy atom. The minimum atomic E-state index is -0.484. The Hall–Kier alpha value is -2.44. The molecule has 1 aromatic rings. The minimum absolute atomic E-state index is 0.0783. The van der Waals surface area contributed by atoms with Crippen molar-refractivity contribution < 1.29 is 23.8 Å². The van der Waals surface area contributed by atoms with Crippen LogP contribution in [0.15, 0.2) is 18.2 Å². The summed E-state index contributed by atoms with van der Waals surface area (Å²) in [6.45, 7) is 4.67. The molecule has 1 aromatic carbocycles. The predicted molar refractivity (Wildman–Crippen MR) is 85.7 cm³/mol. The number of amides is 2. The van der Waals surface area contributed by atoms with Gasteiger partial charge in [0.25, 0.3) is 0 Å². The highest BCUT2D eigenvalue weighted by Gasteiger charge is 2.12. The number of carbonyl (C=O) groups excluding carboxylic acids is 2. The van der Waals surface area contributed by atoms with E-state index in [1.54, 1.807) is 32.1 Å². The van der Waals surface area contributed by atoms with E-state index < -0.39 is 6.09 Å². The zero-order valence-corrected chi connectivity index (χ0v) is 14.0. The van der Waals surface area contributed by atoms with Crippen molar-refractivity contribution in [2.24, 2.45) is 0 Å². The molecule has 128 valence electrons. The van der Waals surface area contributed by atoms with Gasteiger partial charge in [-0.15, -0.1) is 0 Å². The van der Waals surface area contributed by atoms with Gasteiger partial charge in [0.05, 0.1) is 20.8 Å². The van der Waals surface area contributed by atoms with Crippen molar-refractivity contribution in [1.82, 2.24) is 10.2 Å². The van der Waals surface area contributed by atoms with E-state index in [0.29, 0.717) is 37.7 Å². The number of rotatable bonds is 8. The van der Waals surface area contributed by atoms with Crippen molar-refractivity contribution in [2.45, 2.75) is 20.4 Å². The number of carbonyl (C=O) groups is 2. The molecule has 2 amide bonds. The lowest BCUT2D eigenvalue weighted by molar-refractivity contribution is -0.129. The third-order valence-electron chi connectivity index (χ3n) is 3.19. The smallest absolute Gasteiger partial charge is 0.407 e. The van der Waals surface area contributed by atoms with E-state index in [-0.39, 0.29) is 5.91 Å². The molecule has 0 spiro atoms. The van der Waals surface area contributed by atoms with Crippen LogP contribution in [0.1, 0.15) is 19.4 Å². The van der Waals surface area contributed by atoms with Gasteiger partial charge in [-0.1, -0.05) is 6.07 Å². The molecule has 0 fully saturated rings. The first-order valence-corrected chi connectivity index (χ1v) is 7.38. The van der Waals surface area contributed by atoms with Gasteiger partial charge in [0, 0.05) is 26.6 Å². The van der Waals surface area contributed by atoms with Crippen LogP contribution in [0.3, 0.4) is 0 Å². The molecule has 0 saturated heterocycles. The lowest BCUT2D eigenvalue weighted by Gasteiger charge is -2.22. The van der Waals surface area contributed by atoms with E-state index in [9.17, 15) is 9.59 Å². The van der Waals surface area contributed by atoms with Gasteiger partial charge in [0.15, 0.2) is 11.5 Å². The molecule has 0 atom stereocenters. The van der Waals surface area contributed by atoms with Gasteiger partial charge in [0.1, 0.15) is 0 Å². The fourth-order valence-electron chi connectivity index (χ4n) is 2.02. The van der Waals surface area contributed by atoms with Gasteiger partial charge >= 0.3 is 6.09 Å². The highest BCUT2D eigenvalue weighted by Crippen LogP contribution is 2.27. The van der Waals surface area contributed by atoms with Crippen molar-refractivity contribution in [1.29, 1.82) is 0 Å². The Kier molecular flexibility index (Phi) is 7.73. The summed E-state index contributed by atoms with van der Waals surface area (Å²) in [5, 5.41) is 2.60. The molecule has 0 unspecified atom stereocenters. The van der Waals surface area contributed by atoms with Gasteiger partial charge in [0.2, 0.25) is 5.91 Å². The predicted octanol–water partition coefficient (Wildman–Crippen LogP) is 1.80. The highest BCUT2D eigenvalue weighted by atomic mass is 16.5. The van der Waals surface area contributed by atoms with Crippen LogP contribution >= 0.6 is 0 Å². The number of benzene rings is 1. The zero-order valence-electron chi connectivity index (χ0n) is 14.0. The highest BCUT2D eigenvalue weighted by molar-refractivity contribution is 5.73. The third kappa shape index (κ3) is 6.06. The van der Waals surface area contributed by atoms with E-state index in [1.165, 1.54) is 6.92 Å². The summed E-state index contributed by atoms with van der Waals surface area (Å²) in [5.41, 5.74) is 0.911. The monoisotopic (exact) mass is 324 g/mol. The van der Waals surface area contributed by atoms with Crippen LogP contribution in [0, 0.1) is 0 Å². The second kappa shape index (κ2) is 9.55. The van der Waals surface area contributed by atoms with Crippen LogP contribution < -0.4 is 14.8 Å². The summed E-state index contributed by atoms with van der Waals surface area (Å²) in [6, 6.07) is 5.49. The first-order valence-electron chi connectivity index (χ1n) is 7.38. The Balaban J connectivity index is 2.65. The van der Waals surface area contributed by atoms with Crippen LogP contribution in [-0.2, 0) is 16.1 Å². The number of nitrogens with zero attached hydrogens (tertiary/aromatic N) is 1. The molecular formula is C16H24N2O5. The topological polar surface area (TPSA) is 77.1 Å². The normalized spacial score (nSPS) is 9.91. The van der Waals surface area contributed by atoms with Crippen LogP contribution in [0.25, 0.3) is 0 Å². The fraction of sp³-hybridized carbons (Fsp3) is 0.500. The first kappa shape index (κ1) is 18.6. The molecule has 0 radical (unpaired) electrons. The van der Waals surface area contributed by atoms with Crippen LogP contribution in [0.2, 0.25) is 0 Å². The standard InChI is InChI=1S/C16H24N2O5/c1-5-23-16(20)17-8-9-18(12(2)19)11-13-6-7-14(21-3)15(10-13)22-4/h6-7,10H,5,8-9,11H2,1-4H3,(H,17,20). The molecule has 0 aliphatic carbocycles. The summed E-state index contributed by atoms with van der Waals surface area (Å²) >= 11 is 0. The van der Waals surface area contributed by atoms with Crippen LogP contribution in [0.5, 0.6) is 11.5 Å². The maximum atomic E-state index is 11.8. The molecule has 0 aromatic heterocycles. The number of nitrogens with one attached hydrogen (secondary N) is 1. The number of alkyl carbamates (subject to hydrolysis) is 1. The van der Waals surface area contributed by atoms with Crippen molar-refractivity contribution >= 4 is 12.0 Å². The van der Waals surface area contributed by atoms with Crippen molar-refractivity contribution in [2.75, 3.05) is 33.9 Å². The average molecular weight is 324 g/mol. The summed E-state index contributed by atoms with van der Waals surface area (Å²) in [5.74, 6) is 1.16. The molecule has 1 N–H and O–H groups in total. The molecule has 7 heteroatoms. The molecule has 23 heavy (non-hydrogen) atoms. The molecule has 0 saturated carbocycles. The zero-order chi connectivity index (χ0) is 17.2. The quantitative estimate of drug-likeness (QED) is 0.789. The largest absolute Gasteiger partial charge is 0.493 e. The lowest BCUT2D eigenvalue weighted by Crippen LogP contribution is -2.37. The van der Waals surface area contributed by atoms with Crippen molar-refractivity contribution in [3.63, 3.8) is 0 Å². The van der Waals surface area contributed by atoms with E-state index in [2.05, 4.69) is 5.32 Å². The average Bonchev–Trinajstić information content (AvgIpc) is 2.53. The number of methoxy groups -OCH3 is 2. The van der Waals surface area contributed by atoms with Crippen molar-refractivity contribution in [3.05, 3.63) is 23.8 Å². The molecule has 0 aliphatic rings. The Labute approximate surface area is 136 Å². The number of hydrogen-bond acceptors (Lipinski definition) is 5. The van der Waals surface area contributed by atoms with Gasteiger partial charge in [-0.2, -0.15) is 0 Å².